The van der Waals surface area contributed by atoms with E-state index in [1.807, 2.05) is 4.57 Å². The summed E-state index contributed by atoms with van der Waals surface area (Å²) in [4.78, 5) is 25.5. The van der Waals surface area contributed by atoms with Gasteiger partial charge in [-0.05, 0) is 33.2 Å². The molecule has 519 valence electrons. The van der Waals surface area contributed by atoms with Crippen molar-refractivity contribution >= 4 is 44.2 Å². The van der Waals surface area contributed by atoms with Crippen LogP contribution >= 0.6 is 0 Å². The number of nitrogens with one attached hydrogen (secondary N) is 1. The normalized spacial score (nSPS) is 16.9. The second-order valence-corrected chi connectivity index (χ2v) is 40.3. The van der Waals surface area contributed by atoms with Crippen LogP contribution in [0.1, 0.15) is 398 Å². The molecule has 10 nitrogen and oxygen atoms in total. The molecule has 89 heavy (non-hydrogen) atoms. The highest BCUT2D eigenvalue weighted by Crippen LogP contribution is 2.44. The molecule has 1 fully saturated rings. The maximum Gasteiger partial charge on any atom is 0.280 e. The summed E-state index contributed by atoms with van der Waals surface area (Å²) in [6.07, 6.45) is 65.6. The zero-order valence-corrected chi connectivity index (χ0v) is 64.1. The number of nitrogens with zero attached hydrogens (tertiary/aromatic N) is 3. The summed E-state index contributed by atoms with van der Waals surface area (Å²) in [5, 5.41) is -0.00398. The van der Waals surface area contributed by atoms with Gasteiger partial charge < -0.3 is 23.7 Å². The van der Waals surface area contributed by atoms with E-state index in [1.165, 1.54) is 302 Å². The van der Waals surface area contributed by atoms with E-state index in [1.54, 1.807) is 6.33 Å². The molecular weight excluding hydrogens is 1150 g/mol. The van der Waals surface area contributed by atoms with Gasteiger partial charge in [0.25, 0.3) is 5.56 Å². The van der Waals surface area contributed by atoms with Gasteiger partial charge >= 0.3 is 0 Å². The van der Waals surface area contributed by atoms with Gasteiger partial charge in [0, 0.05) is 0 Å². The number of hydrogen-bond donors (Lipinski definition) is 2. The second-order valence-electron chi connectivity index (χ2n) is 31.0. The third-order valence-electron chi connectivity index (χ3n) is 19.3. The van der Waals surface area contributed by atoms with Crippen LogP contribution in [0.25, 0.3) is 11.2 Å². The first-order chi connectivity index (χ1) is 42.9. The van der Waals surface area contributed by atoms with Gasteiger partial charge in [0.1, 0.15) is 18.3 Å². The van der Waals surface area contributed by atoms with Crippen molar-refractivity contribution in [2.75, 3.05) is 12.3 Å². The molecule has 0 amide bonds. The molecule has 0 unspecified atom stereocenters. The minimum absolute atomic E-state index is 0.0157. The molecule has 2 aromatic rings. The standard InChI is InChI=1S/C76H148N5O5Si3/c1-13-16-19-22-25-28-31-34-37-40-43-46-49-52-55-58-61-87(74(4,5)6)83-64-66-68(85-88(75(7,8)9)62-59-56-53-50-47-44-41-38-35-32-29-26-23-20-17-14-2)69(72(84-66)81-65-78-67-70(81)79-73(77)80-71(67)82)86-89(76(10,11)12)63-60-57-54-51-48-45-42-39-36-33-30-27-24-21-18-15-3/h65-66,68-69,72H,13-64H2,1-12H3,(H3,77,79,80,82)/t66-,68-,69-,72-/m1/s1. The lowest BCUT2D eigenvalue weighted by Crippen LogP contribution is -2.48. The van der Waals surface area contributed by atoms with E-state index >= 15 is 0 Å². The molecule has 0 aliphatic carbocycles. The lowest BCUT2D eigenvalue weighted by atomic mass is 10.0. The number of H-pyrrole nitrogens is 1. The third kappa shape index (κ3) is 37.5. The minimum Gasteiger partial charge on any atom is -0.413 e. The largest absolute Gasteiger partial charge is 0.413 e. The topological polar surface area (TPSA) is 127 Å². The second kappa shape index (κ2) is 50.1. The fraction of sp³-hybridized carbons (Fsp3) is 0.934. The Bertz CT molecular complexity index is 2020. The van der Waals surface area contributed by atoms with E-state index in [4.69, 9.17) is 28.7 Å². The molecule has 3 heterocycles. The van der Waals surface area contributed by atoms with Crippen LogP contribution in [0, 0.1) is 0 Å². The number of aromatic amines is 1. The van der Waals surface area contributed by atoms with Gasteiger partial charge in [-0.15, -0.1) is 0 Å². The number of hydrogen-bond acceptors (Lipinski definition) is 8. The Morgan fingerprint density at radius 2 is 0.719 bits per heavy atom. The summed E-state index contributed by atoms with van der Waals surface area (Å²) >= 11 is 0. The Hall–Kier alpha value is -1.36. The number of fused-ring (bicyclic) bond motifs is 1. The Kier molecular flexibility index (Phi) is 46.1. The molecule has 2 aromatic heterocycles. The van der Waals surface area contributed by atoms with E-state index in [2.05, 4.69) is 93.1 Å². The highest BCUT2D eigenvalue weighted by molar-refractivity contribution is 6.56. The maximum atomic E-state index is 13.4. The maximum absolute atomic E-state index is 13.4. The summed E-state index contributed by atoms with van der Waals surface area (Å²) < 4.78 is 32.3. The molecule has 0 spiro atoms. The van der Waals surface area contributed by atoms with E-state index in [0.29, 0.717) is 12.3 Å². The van der Waals surface area contributed by atoms with Gasteiger partial charge in [-0.2, -0.15) is 4.98 Å². The van der Waals surface area contributed by atoms with Gasteiger partial charge in [-0.3, -0.25) is 14.3 Å². The van der Waals surface area contributed by atoms with Crippen LogP contribution in [0.2, 0.25) is 33.2 Å². The number of aromatic nitrogens is 4. The van der Waals surface area contributed by atoms with Crippen molar-refractivity contribution < 1.29 is 18.0 Å². The molecule has 3 rings (SSSR count). The Morgan fingerprint density at radius 1 is 0.438 bits per heavy atom. The Labute approximate surface area is 556 Å². The van der Waals surface area contributed by atoms with Gasteiger partial charge in [-0.25, -0.2) is 4.98 Å². The number of anilines is 1. The third-order valence-corrected chi connectivity index (χ3v) is 28.3. The lowest BCUT2D eigenvalue weighted by molar-refractivity contribution is -0.0456. The number of ether oxygens (including phenoxy) is 1. The van der Waals surface area contributed by atoms with Crippen molar-refractivity contribution in [1.29, 1.82) is 0 Å². The predicted octanol–water partition coefficient (Wildman–Crippen LogP) is 24.5. The van der Waals surface area contributed by atoms with E-state index < -0.39 is 39.5 Å². The molecule has 1 aliphatic rings. The highest BCUT2D eigenvalue weighted by atomic mass is 28.3. The minimum atomic E-state index is -1.44. The molecule has 4 atom stereocenters. The van der Waals surface area contributed by atoms with E-state index in [0.717, 1.165) is 24.6 Å². The first kappa shape index (κ1) is 81.9. The molecule has 0 saturated carbocycles. The number of imidazole rings is 1. The molecule has 3 radical (unpaired) electrons. The first-order valence-electron chi connectivity index (χ1n) is 38.8. The fourth-order valence-electron chi connectivity index (χ4n) is 13.4. The van der Waals surface area contributed by atoms with Crippen LogP contribution in [0.3, 0.4) is 0 Å². The van der Waals surface area contributed by atoms with Gasteiger partial charge in [0.15, 0.2) is 17.4 Å². The fourth-order valence-corrected chi connectivity index (χ4v) is 20.4. The van der Waals surface area contributed by atoms with Crippen LogP contribution in [0.15, 0.2) is 11.1 Å². The molecule has 1 aliphatic heterocycles. The summed E-state index contributed by atoms with van der Waals surface area (Å²) in [7, 11) is -4.09. The summed E-state index contributed by atoms with van der Waals surface area (Å²) in [6.45, 7) is 28.8. The molecule has 0 bridgehead atoms. The van der Waals surface area contributed by atoms with E-state index in [9.17, 15) is 4.79 Å². The predicted molar refractivity (Wildman–Crippen MR) is 392 cm³/mol. The number of unbranched alkanes of at least 4 members (excludes halogenated alkanes) is 45. The quantitative estimate of drug-likeness (QED) is 0.0495. The SMILES string of the molecule is CCCCCCCCCCCCCCCCCC[Si](OC[C@H]1O[C@@H](n2cnc3c(=O)[nH]c(N)nc32)[C@H](O[Si](CCCCCCCCCCCCCCCCCC)C(C)(C)C)[C@@H]1O[Si](CCCCCCCCCCCCCCCCCC)C(C)(C)C)C(C)(C)C. The summed E-state index contributed by atoms with van der Waals surface area (Å²) in [5.74, 6) is 0.0684. The van der Waals surface area contributed by atoms with Gasteiger partial charge in [0.2, 0.25) is 33.1 Å². The molecule has 3 N–H and O–H groups in total. The number of rotatable bonds is 59. The van der Waals surface area contributed by atoms with Crippen LogP contribution in [0.4, 0.5) is 5.95 Å². The smallest absolute Gasteiger partial charge is 0.280 e. The van der Waals surface area contributed by atoms with Crippen molar-refractivity contribution in [2.45, 2.75) is 449 Å². The molecule has 13 heteroatoms. The average molecular weight is 1300 g/mol. The summed E-state index contributed by atoms with van der Waals surface area (Å²) in [5.41, 5.74) is 6.64. The number of nitrogen functional groups attached to an aromatic ring is 1. The Balaban J connectivity index is 1.76. The van der Waals surface area contributed by atoms with Crippen molar-refractivity contribution in [1.82, 2.24) is 19.5 Å². The summed E-state index contributed by atoms with van der Waals surface area (Å²) in [6, 6.07) is 3.27. The van der Waals surface area contributed by atoms with Crippen molar-refractivity contribution in [2.24, 2.45) is 0 Å². The van der Waals surface area contributed by atoms with Crippen LogP contribution in [-0.4, -0.2) is 71.6 Å². The highest BCUT2D eigenvalue weighted by Gasteiger charge is 2.52. The molecular formula is C76H148N5O5Si3. The molecule has 0 aromatic carbocycles. The average Bonchev–Trinajstić information content (AvgIpc) is 1.74. The lowest BCUT2D eigenvalue weighted by Gasteiger charge is -2.38. The molecule has 1 saturated heterocycles. The van der Waals surface area contributed by atoms with Crippen LogP contribution in [0.5, 0.6) is 0 Å². The van der Waals surface area contributed by atoms with Crippen molar-refractivity contribution in [3.05, 3.63) is 16.7 Å². The number of nitrogens with two attached hydrogens (primary N) is 1. The zero-order chi connectivity index (χ0) is 64.9. The Morgan fingerprint density at radius 3 is 1.02 bits per heavy atom. The van der Waals surface area contributed by atoms with Crippen molar-refractivity contribution in [3.63, 3.8) is 0 Å². The van der Waals surface area contributed by atoms with Gasteiger partial charge in [0.05, 0.1) is 12.9 Å². The van der Waals surface area contributed by atoms with Crippen LogP contribution < -0.4 is 11.3 Å². The zero-order valence-electron chi connectivity index (χ0n) is 61.1. The monoisotopic (exact) mass is 1300 g/mol. The van der Waals surface area contributed by atoms with Crippen molar-refractivity contribution in [3.8, 4) is 0 Å². The van der Waals surface area contributed by atoms with Crippen LogP contribution in [-0.2, 0) is 18.0 Å². The first-order valence-corrected chi connectivity index (χ1v) is 43.7. The van der Waals surface area contributed by atoms with E-state index in [-0.39, 0.29) is 44.3 Å². The van der Waals surface area contributed by atoms with Gasteiger partial charge in [-0.1, -0.05) is 391 Å².